The van der Waals surface area contributed by atoms with Crippen LogP contribution in [0.25, 0.3) is 0 Å². The number of hydrogen-bond acceptors (Lipinski definition) is 3. The van der Waals surface area contributed by atoms with Crippen molar-refractivity contribution in [3.63, 3.8) is 0 Å². The van der Waals surface area contributed by atoms with Crippen LogP contribution >= 0.6 is 23.2 Å². The van der Waals surface area contributed by atoms with Gasteiger partial charge in [-0.05, 0) is 42.3 Å². The van der Waals surface area contributed by atoms with E-state index in [1.165, 1.54) is 0 Å². The molecule has 7 heteroatoms. The van der Waals surface area contributed by atoms with Crippen LogP contribution in [-0.4, -0.2) is 30.8 Å². The Balaban J connectivity index is 1.41. The molecule has 2 aliphatic heterocycles. The van der Waals surface area contributed by atoms with Crippen molar-refractivity contribution in [2.75, 3.05) is 25.2 Å². The van der Waals surface area contributed by atoms with Crippen LogP contribution in [0.15, 0.2) is 36.4 Å². The molecule has 0 spiro atoms. The quantitative estimate of drug-likeness (QED) is 0.820. The molecule has 0 aromatic heterocycles. The van der Waals surface area contributed by atoms with Gasteiger partial charge in [0.1, 0.15) is 0 Å². The van der Waals surface area contributed by atoms with Gasteiger partial charge in [-0.25, -0.2) is 4.79 Å². The Hall–Kier alpha value is -2.11. The van der Waals surface area contributed by atoms with Crippen molar-refractivity contribution in [1.29, 1.82) is 0 Å². The molecule has 2 aromatic rings. The lowest BCUT2D eigenvalue weighted by atomic mass is 9.98. The lowest BCUT2D eigenvalue weighted by Crippen LogP contribution is -2.32. The molecule has 130 valence electrons. The third kappa shape index (κ3) is 3.34. The van der Waals surface area contributed by atoms with Crippen molar-refractivity contribution in [2.24, 2.45) is 0 Å². The molecule has 0 bridgehead atoms. The molecule has 2 heterocycles. The van der Waals surface area contributed by atoms with E-state index in [1.54, 1.807) is 23.1 Å². The van der Waals surface area contributed by atoms with E-state index in [0.29, 0.717) is 28.8 Å². The highest BCUT2D eigenvalue weighted by Gasteiger charge is 2.28. The molecule has 25 heavy (non-hydrogen) atoms. The van der Waals surface area contributed by atoms with Gasteiger partial charge >= 0.3 is 6.03 Å². The number of carbonyl (C=O) groups excluding carboxylic acids is 1. The van der Waals surface area contributed by atoms with Crippen molar-refractivity contribution >= 4 is 34.9 Å². The average molecular weight is 379 g/mol. The Kier molecular flexibility index (Phi) is 4.36. The van der Waals surface area contributed by atoms with Crippen molar-refractivity contribution in [3.05, 3.63) is 52.0 Å². The molecular weight excluding hydrogens is 363 g/mol. The summed E-state index contributed by atoms with van der Waals surface area (Å²) in [4.78, 5) is 14.3. The van der Waals surface area contributed by atoms with Crippen LogP contribution in [0, 0.1) is 0 Å². The molecular formula is C18H16Cl2N2O3. The molecule has 1 atom stereocenters. The molecule has 2 amide bonds. The van der Waals surface area contributed by atoms with E-state index in [1.807, 2.05) is 18.2 Å². The Morgan fingerprint density at radius 2 is 1.92 bits per heavy atom. The van der Waals surface area contributed by atoms with Gasteiger partial charge < -0.3 is 19.7 Å². The zero-order chi connectivity index (χ0) is 17.4. The van der Waals surface area contributed by atoms with Gasteiger partial charge in [-0.1, -0.05) is 29.3 Å². The van der Waals surface area contributed by atoms with Gasteiger partial charge in [0.25, 0.3) is 0 Å². The number of ether oxygens (including phenoxy) is 2. The molecule has 1 saturated heterocycles. The lowest BCUT2D eigenvalue weighted by Gasteiger charge is -2.18. The monoisotopic (exact) mass is 378 g/mol. The Morgan fingerprint density at radius 3 is 2.76 bits per heavy atom. The number of hydrogen-bond donors (Lipinski definition) is 1. The van der Waals surface area contributed by atoms with Crippen molar-refractivity contribution in [2.45, 2.75) is 12.3 Å². The van der Waals surface area contributed by atoms with Gasteiger partial charge in [0, 0.05) is 24.7 Å². The number of nitrogens with one attached hydrogen (secondary N) is 1. The van der Waals surface area contributed by atoms with Crippen LogP contribution in [0.2, 0.25) is 10.0 Å². The number of anilines is 1. The first-order valence-corrected chi connectivity index (χ1v) is 8.76. The largest absolute Gasteiger partial charge is 0.454 e. The average Bonchev–Trinajstić information content (AvgIpc) is 3.26. The molecule has 0 aliphatic carbocycles. The maximum Gasteiger partial charge on any atom is 0.321 e. The van der Waals surface area contributed by atoms with E-state index >= 15 is 0 Å². The molecule has 5 nitrogen and oxygen atoms in total. The molecule has 2 aliphatic rings. The smallest absolute Gasteiger partial charge is 0.321 e. The summed E-state index contributed by atoms with van der Waals surface area (Å²) in [6.07, 6.45) is 0.911. The maximum atomic E-state index is 12.5. The van der Waals surface area contributed by atoms with Crippen LogP contribution in [-0.2, 0) is 0 Å². The first-order valence-electron chi connectivity index (χ1n) is 8.00. The number of nitrogens with zero attached hydrogens (tertiary/aromatic N) is 1. The first kappa shape index (κ1) is 16.4. The van der Waals surface area contributed by atoms with Crippen LogP contribution in [0.5, 0.6) is 11.5 Å². The summed E-state index contributed by atoms with van der Waals surface area (Å²) >= 11 is 11.9. The molecule has 0 radical (unpaired) electrons. The van der Waals surface area contributed by atoms with E-state index < -0.39 is 0 Å². The highest BCUT2D eigenvalue weighted by molar-refractivity contribution is 6.42. The second kappa shape index (κ2) is 6.65. The number of urea groups is 1. The molecule has 4 rings (SSSR count). The minimum Gasteiger partial charge on any atom is -0.454 e. The van der Waals surface area contributed by atoms with Crippen molar-refractivity contribution < 1.29 is 14.3 Å². The number of benzene rings is 2. The highest BCUT2D eigenvalue weighted by Crippen LogP contribution is 2.37. The number of fused-ring (bicyclic) bond motifs is 1. The molecule has 1 N–H and O–H groups in total. The third-order valence-electron chi connectivity index (χ3n) is 4.51. The fourth-order valence-corrected chi connectivity index (χ4v) is 3.46. The Morgan fingerprint density at radius 1 is 1.08 bits per heavy atom. The molecule has 2 aromatic carbocycles. The fraction of sp³-hybridized carbons (Fsp3) is 0.278. The predicted molar refractivity (Wildman–Crippen MR) is 97.0 cm³/mol. The molecule has 1 fully saturated rings. The summed E-state index contributed by atoms with van der Waals surface area (Å²) in [5, 5.41) is 3.74. The second-order valence-electron chi connectivity index (χ2n) is 6.10. The van der Waals surface area contributed by atoms with Gasteiger partial charge in [-0.15, -0.1) is 0 Å². The first-order chi connectivity index (χ1) is 12.1. The van der Waals surface area contributed by atoms with E-state index in [2.05, 4.69) is 5.32 Å². The number of likely N-dealkylation sites (tertiary alicyclic amines) is 1. The number of amides is 2. The van der Waals surface area contributed by atoms with Crippen molar-refractivity contribution in [1.82, 2.24) is 4.90 Å². The summed E-state index contributed by atoms with van der Waals surface area (Å²) in [6, 6.07) is 10.9. The van der Waals surface area contributed by atoms with Crippen LogP contribution in [0.1, 0.15) is 17.9 Å². The minimum atomic E-state index is -0.137. The SMILES string of the molecule is O=C(Nc1ccc(Cl)c(Cl)c1)N1CCC(c2ccc3c(c2)OCO3)C1. The van der Waals surface area contributed by atoms with Gasteiger partial charge in [0.15, 0.2) is 11.5 Å². The number of halogens is 2. The van der Waals surface area contributed by atoms with Crippen LogP contribution < -0.4 is 14.8 Å². The zero-order valence-electron chi connectivity index (χ0n) is 13.3. The zero-order valence-corrected chi connectivity index (χ0v) is 14.8. The van der Waals surface area contributed by atoms with Gasteiger partial charge in [0.05, 0.1) is 10.0 Å². The summed E-state index contributed by atoms with van der Waals surface area (Å²) in [5.74, 6) is 1.83. The third-order valence-corrected chi connectivity index (χ3v) is 5.25. The lowest BCUT2D eigenvalue weighted by molar-refractivity contribution is 0.174. The van der Waals surface area contributed by atoms with Crippen LogP contribution in [0.4, 0.5) is 10.5 Å². The van der Waals surface area contributed by atoms with Crippen molar-refractivity contribution in [3.8, 4) is 11.5 Å². The summed E-state index contributed by atoms with van der Waals surface area (Å²) in [5.41, 5.74) is 1.79. The summed E-state index contributed by atoms with van der Waals surface area (Å²) in [7, 11) is 0. The standard InChI is InChI=1S/C18H16Cl2N2O3/c19-14-3-2-13(8-15(14)20)21-18(23)22-6-5-12(9-22)11-1-4-16-17(7-11)25-10-24-16/h1-4,7-8,12H,5-6,9-10H2,(H,21,23). The Bertz CT molecular complexity index is 828. The van der Waals surface area contributed by atoms with E-state index in [4.69, 9.17) is 32.7 Å². The predicted octanol–water partition coefficient (Wildman–Crippen LogP) is 4.74. The van der Waals surface area contributed by atoms with E-state index in [-0.39, 0.29) is 18.7 Å². The van der Waals surface area contributed by atoms with Gasteiger partial charge in [0.2, 0.25) is 6.79 Å². The van der Waals surface area contributed by atoms with Gasteiger partial charge in [-0.2, -0.15) is 0 Å². The summed E-state index contributed by atoms with van der Waals surface area (Å²) in [6.45, 7) is 1.63. The van der Waals surface area contributed by atoms with Gasteiger partial charge in [-0.3, -0.25) is 0 Å². The number of carbonyl (C=O) groups is 1. The van der Waals surface area contributed by atoms with Crippen LogP contribution in [0.3, 0.4) is 0 Å². The summed E-state index contributed by atoms with van der Waals surface area (Å²) < 4.78 is 10.8. The normalized spacial score (nSPS) is 18.5. The van der Waals surface area contributed by atoms with E-state index in [0.717, 1.165) is 23.5 Å². The molecule has 1 unspecified atom stereocenters. The van der Waals surface area contributed by atoms with E-state index in [9.17, 15) is 4.79 Å². The second-order valence-corrected chi connectivity index (χ2v) is 6.92. The minimum absolute atomic E-state index is 0.137. The topological polar surface area (TPSA) is 50.8 Å². The number of rotatable bonds is 2. The fourth-order valence-electron chi connectivity index (χ4n) is 3.16. The molecule has 0 saturated carbocycles. The Labute approximate surface area is 155 Å². The maximum absolute atomic E-state index is 12.5. The highest BCUT2D eigenvalue weighted by atomic mass is 35.5.